The van der Waals surface area contributed by atoms with E-state index in [9.17, 15) is 24.0 Å². The van der Waals surface area contributed by atoms with Crippen molar-refractivity contribution in [1.29, 1.82) is 0 Å². The Bertz CT molecular complexity index is 1100. The van der Waals surface area contributed by atoms with Crippen LogP contribution in [-0.4, -0.2) is 45.0 Å². The second-order valence-corrected chi connectivity index (χ2v) is 7.41. The summed E-state index contributed by atoms with van der Waals surface area (Å²) in [5, 5.41) is 4.53. The molecule has 1 atom stereocenters. The lowest BCUT2D eigenvalue weighted by atomic mass is 9.89. The highest BCUT2D eigenvalue weighted by Crippen LogP contribution is 2.34. The summed E-state index contributed by atoms with van der Waals surface area (Å²) in [6, 6.07) is 9.32. The SMILES string of the molecule is C[C@]1(N2Cc3ccc(C(=O)NC(=O)c4ccccn4)cc3C2=O)CCC(=O)NC1=O. The number of rotatable bonds is 3. The highest BCUT2D eigenvalue weighted by molar-refractivity contribution is 6.11. The van der Waals surface area contributed by atoms with Crippen LogP contribution in [0.5, 0.6) is 0 Å². The van der Waals surface area contributed by atoms with Crippen molar-refractivity contribution < 1.29 is 24.0 Å². The minimum atomic E-state index is -1.15. The molecule has 1 saturated heterocycles. The van der Waals surface area contributed by atoms with Crippen LogP contribution in [0.2, 0.25) is 0 Å². The molecule has 0 unspecified atom stereocenters. The summed E-state index contributed by atoms with van der Waals surface area (Å²) < 4.78 is 0. The first kappa shape index (κ1) is 19.4. The van der Waals surface area contributed by atoms with E-state index < -0.39 is 29.2 Å². The third-order valence-electron chi connectivity index (χ3n) is 5.48. The number of hydrogen-bond acceptors (Lipinski definition) is 6. The number of nitrogens with one attached hydrogen (secondary N) is 2. The molecule has 4 rings (SSSR count). The van der Waals surface area contributed by atoms with E-state index in [0.717, 1.165) is 0 Å². The molecule has 2 N–H and O–H groups in total. The van der Waals surface area contributed by atoms with Crippen molar-refractivity contribution in [2.24, 2.45) is 0 Å². The molecule has 9 heteroatoms. The molecule has 152 valence electrons. The Morgan fingerprint density at radius 2 is 1.93 bits per heavy atom. The maximum atomic E-state index is 13.0. The van der Waals surface area contributed by atoms with Crippen molar-refractivity contribution in [1.82, 2.24) is 20.5 Å². The molecule has 3 heterocycles. The Morgan fingerprint density at radius 3 is 2.63 bits per heavy atom. The van der Waals surface area contributed by atoms with Crippen LogP contribution in [0, 0.1) is 0 Å². The number of nitrogens with zero attached hydrogens (tertiary/aromatic N) is 2. The van der Waals surface area contributed by atoms with Crippen LogP contribution in [0.25, 0.3) is 0 Å². The van der Waals surface area contributed by atoms with Gasteiger partial charge in [0.2, 0.25) is 5.91 Å². The lowest BCUT2D eigenvalue weighted by molar-refractivity contribution is -0.142. The predicted molar refractivity (Wildman–Crippen MR) is 103 cm³/mol. The first-order valence-corrected chi connectivity index (χ1v) is 9.35. The molecule has 2 aliphatic rings. The van der Waals surface area contributed by atoms with E-state index >= 15 is 0 Å². The average Bonchev–Trinajstić information content (AvgIpc) is 3.08. The highest BCUT2D eigenvalue weighted by Gasteiger charge is 2.48. The lowest BCUT2D eigenvalue weighted by Gasteiger charge is -2.39. The number of hydrogen-bond donors (Lipinski definition) is 2. The minimum absolute atomic E-state index is 0.0973. The first-order valence-electron chi connectivity index (χ1n) is 9.35. The summed E-state index contributed by atoms with van der Waals surface area (Å²) in [5.41, 5.74) is 0.0422. The molecule has 30 heavy (non-hydrogen) atoms. The smallest absolute Gasteiger partial charge is 0.276 e. The van der Waals surface area contributed by atoms with E-state index in [-0.39, 0.29) is 36.6 Å². The van der Waals surface area contributed by atoms with Gasteiger partial charge in [0.1, 0.15) is 11.2 Å². The van der Waals surface area contributed by atoms with E-state index in [1.54, 1.807) is 25.1 Å². The van der Waals surface area contributed by atoms with Crippen LogP contribution in [0.1, 0.15) is 56.5 Å². The molecule has 0 bridgehead atoms. The Kier molecular flexibility index (Phi) is 4.65. The third kappa shape index (κ3) is 3.24. The summed E-state index contributed by atoms with van der Waals surface area (Å²) in [7, 11) is 0. The van der Waals surface area contributed by atoms with Gasteiger partial charge in [0.25, 0.3) is 23.6 Å². The topological polar surface area (TPSA) is 126 Å². The van der Waals surface area contributed by atoms with Crippen LogP contribution >= 0.6 is 0 Å². The van der Waals surface area contributed by atoms with Gasteiger partial charge >= 0.3 is 0 Å². The van der Waals surface area contributed by atoms with E-state index in [4.69, 9.17) is 0 Å². The molecular formula is C21H18N4O5. The molecule has 1 aromatic heterocycles. The van der Waals surface area contributed by atoms with E-state index in [2.05, 4.69) is 15.6 Å². The summed E-state index contributed by atoms with van der Waals surface area (Å²) in [5.74, 6) is -2.59. The maximum Gasteiger partial charge on any atom is 0.276 e. The zero-order valence-electron chi connectivity index (χ0n) is 16.1. The molecule has 2 aromatic rings. The van der Waals surface area contributed by atoms with Crippen molar-refractivity contribution in [3.05, 3.63) is 65.0 Å². The maximum absolute atomic E-state index is 13.0. The van der Waals surface area contributed by atoms with Gasteiger partial charge in [-0.25, -0.2) is 0 Å². The molecule has 0 saturated carbocycles. The zero-order chi connectivity index (χ0) is 21.5. The minimum Gasteiger partial charge on any atom is -0.320 e. The number of carbonyl (C=O) groups excluding carboxylic acids is 5. The molecule has 1 aromatic carbocycles. The van der Waals surface area contributed by atoms with Crippen molar-refractivity contribution in [2.45, 2.75) is 31.8 Å². The van der Waals surface area contributed by atoms with E-state index in [1.807, 2.05) is 0 Å². The molecule has 0 radical (unpaired) electrons. The molecular weight excluding hydrogens is 388 g/mol. The van der Waals surface area contributed by atoms with Crippen molar-refractivity contribution in [3.63, 3.8) is 0 Å². The second-order valence-electron chi connectivity index (χ2n) is 7.41. The van der Waals surface area contributed by atoms with Gasteiger partial charge in [0, 0.05) is 30.3 Å². The lowest BCUT2D eigenvalue weighted by Crippen LogP contribution is -2.61. The monoisotopic (exact) mass is 406 g/mol. The summed E-state index contributed by atoms with van der Waals surface area (Å²) >= 11 is 0. The Morgan fingerprint density at radius 1 is 1.13 bits per heavy atom. The number of benzene rings is 1. The van der Waals surface area contributed by atoms with Gasteiger partial charge in [0.15, 0.2) is 0 Å². The Balaban J connectivity index is 1.54. The predicted octanol–water partition coefficient (Wildman–Crippen LogP) is 0.803. The average molecular weight is 406 g/mol. The van der Waals surface area contributed by atoms with Gasteiger partial charge in [-0.05, 0) is 43.2 Å². The largest absolute Gasteiger partial charge is 0.320 e. The summed E-state index contributed by atoms with van der Waals surface area (Å²) in [6.07, 6.45) is 1.81. The highest BCUT2D eigenvalue weighted by atomic mass is 16.2. The fourth-order valence-corrected chi connectivity index (χ4v) is 3.63. The van der Waals surface area contributed by atoms with Crippen LogP contribution in [0.15, 0.2) is 42.6 Å². The van der Waals surface area contributed by atoms with Crippen molar-refractivity contribution >= 4 is 29.5 Å². The summed E-state index contributed by atoms with van der Waals surface area (Å²) in [6.45, 7) is 1.82. The van der Waals surface area contributed by atoms with Crippen LogP contribution < -0.4 is 10.6 Å². The molecule has 0 spiro atoms. The third-order valence-corrected chi connectivity index (χ3v) is 5.48. The normalized spacial score (nSPS) is 20.6. The first-order chi connectivity index (χ1) is 14.3. The number of imide groups is 2. The van der Waals surface area contributed by atoms with Crippen LogP contribution in [0.3, 0.4) is 0 Å². The van der Waals surface area contributed by atoms with E-state index in [0.29, 0.717) is 11.1 Å². The van der Waals surface area contributed by atoms with Gasteiger partial charge in [-0.15, -0.1) is 0 Å². The number of piperidine rings is 1. The number of fused-ring (bicyclic) bond motifs is 1. The van der Waals surface area contributed by atoms with E-state index in [1.165, 1.54) is 29.3 Å². The van der Waals surface area contributed by atoms with Gasteiger partial charge in [-0.3, -0.25) is 39.6 Å². The van der Waals surface area contributed by atoms with Gasteiger partial charge < -0.3 is 4.90 Å². The standard InChI is InChI=1S/C21H18N4O5/c1-21(8-7-16(26)23-20(21)30)25-11-13-6-5-12(10-14(13)19(25)29)17(27)24-18(28)15-4-2-3-9-22-15/h2-6,9-10H,7-8,11H2,1H3,(H,23,26,30)(H,24,27,28)/t21-/m0/s1. The number of amides is 5. The number of aromatic nitrogens is 1. The van der Waals surface area contributed by atoms with Crippen molar-refractivity contribution in [3.8, 4) is 0 Å². The van der Waals surface area contributed by atoms with Crippen molar-refractivity contribution in [2.75, 3.05) is 0 Å². The fourth-order valence-electron chi connectivity index (χ4n) is 3.63. The second kappa shape index (κ2) is 7.18. The Labute approximate surface area is 171 Å². The fraction of sp³-hybridized carbons (Fsp3) is 0.238. The molecule has 1 fully saturated rings. The quantitative estimate of drug-likeness (QED) is 0.727. The molecule has 0 aliphatic carbocycles. The molecule has 5 amide bonds. The van der Waals surface area contributed by atoms with Gasteiger partial charge in [0.05, 0.1) is 0 Å². The van der Waals surface area contributed by atoms with Gasteiger partial charge in [-0.2, -0.15) is 0 Å². The Hall–Kier alpha value is -3.88. The molecule has 2 aliphatic heterocycles. The number of carbonyl (C=O) groups is 5. The number of pyridine rings is 1. The zero-order valence-corrected chi connectivity index (χ0v) is 16.1. The summed E-state index contributed by atoms with van der Waals surface area (Å²) in [4.78, 5) is 66.8. The van der Waals surface area contributed by atoms with Gasteiger partial charge in [-0.1, -0.05) is 12.1 Å². The van der Waals surface area contributed by atoms with Crippen LogP contribution in [-0.2, 0) is 16.1 Å². The molecule has 9 nitrogen and oxygen atoms in total. The van der Waals surface area contributed by atoms with Crippen LogP contribution in [0.4, 0.5) is 0 Å².